The van der Waals surface area contributed by atoms with Gasteiger partial charge in [0.05, 0.1) is 12.3 Å². The number of aromatic nitrogens is 2. The smallest absolute Gasteiger partial charge is 0.307 e. The van der Waals surface area contributed by atoms with E-state index >= 15 is 0 Å². The molecule has 0 bridgehead atoms. The number of nitriles is 1. The Hall–Kier alpha value is -3.06. The van der Waals surface area contributed by atoms with Gasteiger partial charge in [-0.15, -0.1) is 5.10 Å². The average molecular weight is 378 g/mol. The van der Waals surface area contributed by atoms with Crippen LogP contribution < -0.4 is 14.2 Å². The predicted molar refractivity (Wildman–Crippen MR) is 92.1 cm³/mol. The van der Waals surface area contributed by atoms with Crippen LogP contribution in [0.5, 0.6) is 11.6 Å². The van der Waals surface area contributed by atoms with E-state index in [1.54, 1.807) is 24.3 Å². The molecule has 2 aromatic rings. The second-order valence-electron chi connectivity index (χ2n) is 5.81. The number of carbonyl (C=O) groups excluding carboxylic acids is 1. The van der Waals surface area contributed by atoms with E-state index in [0.29, 0.717) is 5.75 Å². The first-order valence-corrected chi connectivity index (χ1v) is 9.28. The molecule has 26 heavy (non-hydrogen) atoms. The van der Waals surface area contributed by atoms with Gasteiger partial charge in [0.2, 0.25) is 0 Å². The van der Waals surface area contributed by atoms with Crippen LogP contribution in [-0.2, 0) is 17.2 Å². The summed E-state index contributed by atoms with van der Waals surface area (Å²) in [5.74, 6) is -0.528. The van der Waals surface area contributed by atoms with Crippen molar-refractivity contribution in [1.82, 2.24) is 15.1 Å². The number of carbonyl (C=O) groups is 1. The lowest BCUT2D eigenvalue weighted by Crippen LogP contribution is -2.49. The number of rotatable bonds is 7. The van der Waals surface area contributed by atoms with E-state index in [-0.39, 0.29) is 18.1 Å². The Morgan fingerprint density at radius 1 is 1.38 bits per heavy atom. The van der Waals surface area contributed by atoms with Crippen molar-refractivity contribution < 1.29 is 22.1 Å². The van der Waals surface area contributed by atoms with Crippen LogP contribution in [0.3, 0.4) is 0 Å². The molecule has 0 aliphatic heterocycles. The molecule has 0 aliphatic rings. The van der Waals surface area contributed by atoms with E-state index in [0.717, 1.165) is 6.26 Å². The normalized spacial score (nSPS) is 13.3. The number of ether oxygens (including phenoxy) is 1. The van der Waals surface area contributed by atoms with Gasteiger partial charge in [0.1, 0.15) is 17.9 Å². The van der Waals surface area contributed by atoms with E-state index in [1.807, 2.05) is 12.1 Å². The van der Waals surface area contributed by atoms with Crippen molar-refractivity contribution >= 4 is 16.0 Å². The maximum Gasteiger partial charge on any atom is 0.307 e. The minimum atomic E-state index is -3.86. The molecule has 0 aliphatic carbocycles. The van der Waals surface area contributed by atoms with Gasteiger partial charge in [0.25, 0.3) is 11.8 Å². The Morgan fingerprint density at radius 3 is 2.62 bits per heavy atom. The van der Waals surface area contributed by atoms with Crippen molar-refractivity contribution in [3.63, 3.8) is 0 Å². The summed E-state index contributed by atoms with van der Waals surface area (Å²) < 4.78 is 34.1. The third-order valence-corrected chi connectivity index (χ3v) is 3.64. The van der Waals surface area contributed by atoms with Crippen LogP contribution in [0, 0.1) is 11.3 Å². The van der Waals surface area contributed by atoms with Gasteiger partial charge in [0, 0.05) is 13.2 Å². The summed E-state index contributed by atoms with van der Waals surface area (Å²) in [6.07, 6.45) is 2.14. The second-order valence-corrected chi connectivity index (χ2v) is 7.38. The van der Waals surface area contributed by atoms with Gasteiger partial charge < -0.3 is 14.2 Å². The standard InChI is InChI=1S/C16H18N4O5S/c1-16(10-17,11-24-12-7-5-4-6-8-12)18-14(21)13-9-20(2)19-15(13)25-26(3,22)23/h4-9H,11H2,1-3H3,(H,18,21). The Balaban J connectivity index is 2.15. The molecule has 0 spiro atoms. The van der Waals surface area contributed by atoms with Gasteiger partial charge in [-0.3, -0.25) is 9.48 Å². The molecule has 1 atom stereocenters. The number of benzene rings is 1. The van der Waals surface area contributed by atoms with Gasteiger partial charge in [-0.05, 0) is 19.1 Å². The first-order chi connectivity index (χ1) is 12.1. The molecule has 0 fully saturated rings. The quantitative estimate of drug-likeness (QED) is 0.708. The highest BCUT2D eigenvalue weighted by Crippen LogP contribution is 2.19. The van der Waals surface area contributed by atoms with Crippen molar-refractivity contribution in [2.75, 3.05) is 12.9 Å². The first kappa shape index (κ1) is 19.3. The number of para-hydroxylation sites is 1. The molecule has 9 nitrogen and oxygen atoms in total. The largest absolute Gasteiger partial charge is 0.490 e. The molecule has 138 valence electrons. The van der Waals surface area contributed by atoms with Crippen LogP contribution in [0.4, 0.5) is 0 Å². The van der Waals surface area contributed by atoms with E-state index in [2.05, 4.69) is 10.4 Å². The summed E-state index contributed by atoms with van der Waals surface area (Å²) >= 11 is 0. The van der Waals surface area contributed by atoms with Crippen molar-refractivity contribution in [3.05, 3.63) is 42.1 Å². The van der Waals surface area contributed by atoms with Crippen molar-refractivity contribution in [3.8, 4) is 17.7 Å². The molecule has 1 heterocycles. The molecule has 1 aromatic heterocycles. The van der Waals surface area contributed by atoms with Crippen LogP contribution in [-0.4, -0.2) is 42.5 Å². The van der Waals surface area contributed by atoms with Crippen LogP contribution in [0.15, 0.2) is 36.5 Å². The Kier molecular flexibility index (Phi) is 5.52. The third-order valence-electron chi connectivity index (χ3n) is 3.18. The lowest BCUT2D eigenvalue weighted by atomic mass is 10.1. The van der Waals surface area contributed by atoms with Gasteiger partial charge in [-0.25, -0.2) is 0 Å². The molecular formula is C16H18N4O5S. The molecule has 1 amide bonds. The Labute approximate surface area is 151 Å². The van der Waals surface area contributed by atoms with Crippen LogP contribution in [0.2, 0.25) is 0 Å². The summed E-state index contributed by atoms with van der Waals surface area (Å²) in [7, 11) is -2.35. The van der Waals surface area contributed by atoms with Crippen LogP contribution in [0.25, 0.3) is 0 Å². The van der Waals surface area contributed by atoms with Crippen molar-refractivity contribution in [1.29, 1.82) is 5.26 Å². The van der Waals surface area contributed by atoms with E-state index in [9.17, 15) is 18.5 Å². The molecule has 1 unspecified atom stereocenters. The van der Waals surface area contributed by atoms with Crippen LogP contribution in [0.1, 0.15) is 17.3 Å². The summed E-state index contributed by atoms with van der Waals surface area (Å²) in [5.41, 5.74) is -1.47. The molecule has 2 rings (SSSR count). The molecular weight excluding hydrogens is 360 g/mol. The average Bonchev–Trinajstić information content (AvgIpc) is 2.92. The fourth-order valence-electron chi connectivity index (χ4n) is 1.99. The molecule has 1 N–H and O–H groups in total. The first-order valence-electron chi connectivity index (χ1n) is 7.46. The van der Waals surface area contributed by atoms with E-state index in [4.69, 9.17) is 8.92 Å². The fraction of sp³-hybridized carbons (Fsp3) is 0.312. The topological polar surface area (TPSA) is 123 Å². The maximum atomic E-state index is 12.5. The van der Waals surface area contributed by atoms with Gasteiger partial charge >= 0.3 is 10.1 Å². The summed E-state index contributed by atoms with van der Waals surface area (Å²) in [5, 5.41) is 15.8. The molecule has 10 heteroatoms. The molecule has 1 aromatic carbocycles. The number of nitrogens with zero attached hydrogens (tertiary/aromatic N) is 3. The molecule has 0 saturated carbocycles. The Bertz CT molecular complexity index is 933. The number of nitrogens with one attached hydrogen (secondary N) is 1. The summed E-state index contributed by atoms with van der Waals surface area (Å²) in [4.78, 5) is 12.5. The second kappa shape index (κ2) is 7.45. The minimum Gasteiger partial charge on any atom is -0.490 e. The highest BCUT2D eigenvalue weighted by atomic mass is 32.2. The molecule has 0 saturated heterocycles. The SMILES string of the molecule is Cn1cc(C(=O)NC(C)(C#N)COc2ccccc2)c(OS(C)(=O)=O)n1. The minimum absolute atomic E-state index is 0.109. The summed E-state index contributed by atoms with van der Waals surface area (Å²) in [6, 6.07) is 10.8. The number of hydrogen-bond donors (Lipinski definition) is 1. The Morgan fingerprint density at radius 2 is 2.04 bits per heavy atom. The summed E-state index contributed by atoms with van der Waals surface area (Å²) in [6.45, 7) is 1.38. The zero-order valence-corrected chi connectivity index (χ0v) is 15.3. The van der Waals surface area contributed by atoms with Gasteiger partial charge in [-0.2, -0.15) is 13.7 Å². The zero-order valence-electron chi connectivity index (χ0n) is 14.5. The van der Waals surface area contributed by atoms with Crippen LogP contribution >= 0.6 is 0 Å². The predicted octanol–water partition coefficient (Wildman–Crippen LogP) is 0.850. The lowest BCUT2D eigenvalue weighted by molar-refractivity contribution is 0.0899. The number of amides is 1. The third kappa shape index (κ3) is 5.22. The number of hydrogen-bond acceptors (Lipinski definition) is 7. The monoisotopic (exact) mass is 378 g/mol. The van der Waals surface area contributed by atoms with Crippen molar-refractivity contribution in [2.24, 2.45) is 7.05 Å². The zero-order chi connectivity index (χ0) is 19.4. The highest BCUT2D eigenvalue weighted by molar-refractivity contribution is 7.86. The van der Waals surface area contributed by atoms with Gasteiger partial charge in [-0.1, -0.05) is 18.2 Å². The maximum absolute atomic E-state index is 12.5. The highest BCUT2D eigenvalue weighted by Gasteiger charge is 2.30. The fourth-order valence-corrected chi connectivity index (χ4v) is 2.40. The van der Waals surface area contributed by atoms with E-state index < -0.39 is 21.6 Å². The van der Waals surface area contributed by atoms with Crippen molar-refractivity contribution in [2.45, 2.75) is 12.5 Å². The van der Waals surface area contributed by atoms with E-state index in [1.165, 1.54) is 24.9 Å². The molecule has 0 radical (unpaired) electrons. The number of aryl methyl sites for hydroxylation is 1. The lowest BCUT2D eigenvalue weighted by Gasteiger charge is -2.23. The van der Waals surface area contributed by atoms with Gasteiger partial charge in [0.15, 0.2) is 5.54 Å².